The predicted molar refractivity (Wildman–Crippen MR) is 124 cm³/mol. The summed E-state index contributed by atoms with van der Waals surface area (Å²) >= 11 is 0. The minimum atomic E-state index is -4.72. The fraction of sp³-hybridized carbons (Fsp3) is 0.185. The maximum atomic E-state index is 13.6. The second kappa shape index (κ2) is 7.77. The molecule has 2 fully saturated rings. The monoisotopic (exact) mass is 459 g/mol. The molecule has 0 unspecified atom stereocenters. The smallest absolute Gasteiger partial charge is 0.313 e. The van der Waals surface area contributed by atoms with E-state index in [9.17, 15) is 18.0 Å². The van der Waals surface area contributed by atoms with Crippen molar-refractivity contribution in [1.29, 1.82) is 5.26 Å². The summed E-state index contributed by atoms with van der Waals surface area (Å²) in [4.78, 5) is 16.7. The average molecular weight is 459 g/mol. The van der Waals surface area contributed by atoms with Gasteiger partial charge in [0.2, 0.25) is 0 Å². The minimum Gasteiger partial charge on any atom is -0.313 e. The van der Waals surface area contributed by atoms with E-state index >= 15 is 0 Å². The molecular formula is C27H20F3N3O. The van der Waals surface area contributed by atoms with Crippen molar-refractivity contribution in [3.8, 4) is 17.2 Å². The normalized spacial score (nSPS) is 17.1. The average Bonchev–Trinajstić information content (AvgIpc) is 3.05. The van der Waals surface area contributed by atoms with Crippen LogP contribution in [-0.4, -0.2) is 11.4 Å². The second-order valence-corrected chi connectivity index (χ2v) is 8.53. The Hall–Kier alpha value is -4.05. The number of nitrogens with zero attached hydrogens (tertiary/aromatic N) is 3. The van der Waals surface area contributed by atoms with E-state index in [4.69, 9.17) is 5.26 Å². The van der Waals surface area contributed by atoms with Gasteiger partial charge < -0.3 is 4.90 Å². The van der Waals surface area contributed by atoms with Gasteiger partial charge >= 0.3 is 6.18 Å². The Labute approximate surface area is 195 Å². The van der Waals surface area contributed by atoms with Crippen LogP contribution < -0.4 is 9.80 Å². The van der Waals surface area contributed by atoms with Crippen molar-refractivity contribution >= 4 is 17.3 Å². The molecule has 5 rings (SSSR count). The molecule has 4 nitrogen and oxygen atoms in total. The Morgan fingerprint density at radius 2 is 1.53 bits per heavy atom. The highest BCUT2D eigenvalue weighted by atomic mass is 19.4. The highest BCUT2D eigenvalue weighted by molar-refractivity contribution is 6.11. The maximum absolute atomic E-state index is 13.6. The Kier molecular flexibility index (Phi) is 4.98. The number of carbonyl (C=O) groups is 1. The molecule has 1 spiro atoms. The molecule has 1 saturated heterocycles. The van der Waals surface area contributed by atoms with Crippen LogP contribution in [0.15, 0.2) is 85.2 Å². The Balaban J connectivity index is 1.55. The summed E-state index contributed by atoms with van der Waals surface area (Å²) in [6, 6.07) is 22.5. The Morgan fingerprint density at radius 1 is 0.912 bits per heavy atom. The first-order valence-corrected chi connectivity index (χ1v) is 10.9. The summed E-state index contributed by atoms with van der Waals surface area (Å²) in [6.45, 7) is 4.10. The van der Waals surface area contributed by atoms with Gasteiger partial charge in [-0.3, -0.25) is 9.69 Å². The third kappa shape index (κ3) is 3.26. The first-order chi connectivity index (χ1) is 16.3. The van der Waals surface area contributed by atoms with Gasteiger partial charge in [-0.25, -0.2) is 0 Å². The van der Waals surface area contributed by atoms with Crippen LogP contribution in [0.5, 0.6) is 0 Å². The number of hydrogen-bond acceptors (Lipinski definition) is 3. The fourth-order valence-electron chi connectivity index (χ4n) is 4.82. The van der Waals surface area contributed by atoms with E-state index in [0.717, 1.165) is 35.4 Å². The summed E-state index contributed by atoms with van der Waals surface area (Å²) in [5.74, 6) is 0.00344. The summed E-state index contributed by atoms with van der Waals surface area (Å²) < 4.78 is 40.7. The van der Waals surface area contributed by atoms with Crippen LogP contribution in [0.3, 0.4) is 0 Å². The van der Waals surface area contributed by atoms with E-state index in [0.29, 0.717) is 18.7 Å². The van der Waals surface area contributed by atoms with Gasteiger partial charge in [-0.15, -0.1) is 0 Å². The van der Waals surface area contributed by atoms with Gasteiger partial charge in [-0.2, -0.15) is 18.4 Å². The van der Waals surface area contributed by atoms with E-state index in [1.54, 1.807) is 6.07 Å². The summed E-state index contributed by atoms with van der Waals surface area (Å²) in [5, 5.41) is 9.11. The Bertz CT molecular complexity index is 1320. The van der Waals surface area contributed by atoms with Crippen molar-refractivity contribution in [1.82, 2.24) is 0 Å². The molecule has 3 aromatic rings. The molecular weight excluding hydrogens is 439 g/mol. The number of alkyl halides is 3. The molecule has 0 N–H and O–H groups in total. The number of carbonyl (C=O) groups excluding carboxylic acids is 1. The molecule has 1 aliphatic heterocycles. The van der Waals surface area contributed by atoms with Crippen molar-refractivity contribution in [2.45, 2.75) is 31.0 Å². The van der Waals surface area contributed by atoms with Crippen molar-refractivity contribution in [2.24, 2.45) is 0 Å². The van der Waals surface area contributed by atoms with Crippen LogP contribution in [0, 0.1) is 11.3 Å². The summed E-state index contributed by atoms with van der Waals surface area (Å²) in [5.41, 5.74) is 0.463. The Morgan fingerprint density at radius 3 is 2.09 bits per heavy atom. The fourth-order valence-corrected chi connectivity index (χ4v) is 4.82. The standard InChI is InChI=1S/C27H20F3N3O/c1-18-32(23-13-10-21(17-31)24(16-23)27(28,29)30)25(34)26(14-5-15-26)33(18)22-11-8-20(9-12-22)19-6-3-2-4-7-19/h2-4,6-13,16H,1,5,14-15H2. The second-order valence-electron chi connectivity index (χ2n) is 8.53. The lowest BCUT2D eigenvalue weighted by Crippen LogP contribution is -2.54. The van der Waals surface area contributed by atoms with Gasteiger partial charge in [-0.05, 0) is 60.7 Å². The predicted octanol–water partition coefficient (Wildman–Crippen LogP) is 6.49. The zero-order valence-corrected chi connectivity index (χ0v) is 18.1. The zero-order valence-electron chi connectivity index (χ0n) is 18.1. The highest BCUT2D eigenvalue weighted by Gasteiger charge is 2.58. The maximum Gasteiger partial charge on any atom is 0.417 e. The molecule has 2 aliphatic rings. The van der Waals surface area contributed by atoms with E-state index in [-0.39, 0.29) is 11.6 Å². The van der Waals surface area contributed by atoms with Gasteiger partial charge in [0.15, 0.2) is 0 Å². The molecule has 0 atom stereocenters. The summed E-state index contributed by atoms with van der Waals surface area (Å²) in [7, 11) is 0. The third-order valence-electron chi connectivity index (χ3n) is 6.65. The van der Waals surface area contributed by atoms with E-state index in [1.165, 1.54) is 11.0 Å². The minimum absolute atomic E-state index is 0.0519. The number of halogens is 3. The first-order valence-electron chi connectivity index (χ1n) is 10.9. The van der Waals surface area contributed by atoms with E-state index < -0.39 is 22.8 Å². The molecule has 1 saturated carbocycles. The molecule has 170 valence electrons. The number of nitriles is 1. The molecule has 3 aromatic carbocycles. The van der Waals surface area contributed by atoms with Gasteiger partial charge in [0.25, 0.3) is 5.91 Å². The van der Waals surface area contributed by atoms with Crippen LogP contribution in [0.1, 0.15) is 30.4 Å². The number of hydrogen-bond donors (Lipinski definition) is 0. The molecule has 0 bridgehead atoms. The first kappa shape index (κ1) is 21.8. The molecule has 7 heteroatoms. The number of benzene rings is 3. The van der Waals surface area contributed by atoms with Crippen LogP contribution in [0.2, 0.25) is 0 Å². The van der Waals surface area contributed by atoms with E-state index in [1.807, 2.05) is 59.5 Å². The quantitative estimate of drug-likeness (QED) is 0.450. The SMILES string of the molecule is C=C1N(c2ccc(C#N)c(C(F)(F)F)c2)C(=O)C2(CCC2)N1c1ccc(-c2ccccc2)cc1. The lowest BCUT2D eigenvalue weighted by molar-refractivity contribution is -0.137. The van der Waals surface area contributed by atoms with Crippen molar-refractivity contribution in [3.05, 3.63) is 96.3 Å². The van der Waals surface area contributed by atoms with Crippen LogP contribution in [-0.2, 0) is 11.0 Å². The third-order valence-corrected chi connectivity index (χ3v) is 6.65. The van der Waals surface area contributed by atoms with Gasteiger partial charge in [0, 0.05) is 5.69 Å². The van der Waals surface area contributed by atoms with Crippen molar-refractivity contribution in [2.75, 3.05) is 9.80 Å². The van der Waals surface area contributed by atoms with Crippen molar-refractivity contribution in [3.63, 3.8) is 0 Å². The van der Waals surface area contributed by atoms with Crippen LogP contribution >= 0.6 is 0 Å². The summed E-state index contributed by atoms with van der Waals surface area (Å²) in [6.07, 6.45) is -2.70. The molecule has 0 aromatic heterocycles. The molecule has 34 heavy (non-hydrogen) atoms. The molecule has 0 radical (unpaired) electrons. The topological polar surface area (TPSA) is 47.3 Å². The largest absolute Gasteiger partial charge is 0.417 e. The number of anilines is 2. The lowest BCUT2D eigenvalue weighted by Gasteiger charge is -2.43. The molecule has 1 heterocycles. The number of rotatable bonds is 3. The molecule has 1 aliphatic carbocycles. The lowest BCUT2D eigenvalue weighted by atomic mass is 9.75. The van der Waals surface area contributed by atoms with Gasteiger partial charge in [0.1, 0.15) is 11.4 Å². The number of amides is 1. The molecule has 1 amide bonds. The van der Waals surface area contributed by atoms with Crippen LogP contribution in [0.4, 0.5) is 24.5 Å². The van der Waals surface area contributed by atoms with Crippen molar-refractivity contribution < 1.29 is 18.0 Å². The highest BCUT2D eigenvalue weighted by Crippen LogP contribution is 2.51. The van der Waals surface area contributed by atoms with Gasteiger partial charge in [0.05, 0.1) is 22.9 Å². The van der Waals surface area contributed by atoms with Crippen LogP contribution in [0.25, 0.3) is 11.1 Å². The zero-order chi connectivity index (χ0) is 24.1. The van der Waals surface area contributed by atoms with E-state index in [2.05, 4.69) is 6.58 Å². The van der Waals surface area contributed by atoms with Gasteiger partial charge in [-0.1, -0.05) is 49.0 Å².